The van der Waals surface area contributed by atoms with Crippen LogP contribution in [0.5, 0.6) is 0 Å². The lowest BCUT2D eigenvalue weighted by Gasteiger charge is -2.06. The third kappa shape index (κ3) is 2.71. The van der Waals surface area contributed by atoms with Crippen LogP contribution in [0.4, 0.5) is 20.2 Å². The zero-order valence-corrected chi connectivity index (χ0v) is 11.0. The van der Waals surface area contributed by atoms with Crippen molar-refractivity contribution in [1.82, 2.24) is 10.2 Å². The van der Waals surface area contributed by atoms with Gasteiger partial charge in [-0.15, -0.1) is 0 Å². The zero-order valence-electron chi connectivity index (χ0n) is 11.0. The van der Waals surface area contributed by atoms with Gasteiger partial charge in [-0.2, -0.15) is 5.10 Å². The first-order chi connectivity index (χ1) is 9.81. The fourth-order valence-corrected chi connectivity index (χ4v) is 1.79. The number of benzene rings is 1. The Labute approximate surface area is 117 Å². The molecule has 0 aliphatic carbocycles. The maximum Gasteiger partial charge on any atom is 0.285 e. The van der Waals surface area contributed by atoms with E-state index in [0.717, 1.165) is 0 Å². The smallest absolute Gasteiger partial charge is 0.285 e. The predicted octanol–water partition coefficient (Wildman–Crippen LogP) is 2.47. The van der Waals surface area contributed by atoms with Crippen molar-refractivity contribution in [3.63, 3.8) is 0 Å². The van der Waals surface area contributed by atoms with E-state index >= 15 is 0 Å². The van der Waals surface area contributed by atoms with E-state index in [9.17, 15) is 23.7 Å². The average Bonchev–Trinajstić information content (AvgIpc) is 2.72. The summed E-state index contributed by atoms with van der Waals surface area (Å²) in [6, 6.07) is 0.868. The summed E-state index contributed by atoms with van der Waals surface area (Å²) in [4.78, 5) is 22.0. The van der Waals surface area contributed by atoms with E-state index in [2.05, 4.69) is 15.5 Å². The van der Waals surface area contributed by atoms with Gasteiger partial charge in [-0.25, -0.2) is 8.78 Å². The molecule has 0 spiro atoms. The number of halogens is 2. The third-order valence-electron chi connectivity index (χ3n) is 2.85. The SMILES string of the molecule is Cc1n[nH]c(C)c1NC(=O)c1cc(F)c(F)cc1[N+](=O)[O-]. The van der Waals surface area contributed by atoms with Crippen molar-refractivity contribution in [2.75, 3.05) is 5.32 Å². The number of H-pyrrole nitrogens is 1. The first-order valence-electron chi connectivity index (χ1n) is 5.77. The molecule has 0 bridgehead atoms. The van der Waals surface area contributed by atoms with Crippen LogP contribution >= 0.6 is 0 Å². The molecule has 0 unspecified atom stereocenters. The standard InChI is InChI=1S/C12H10F2N4O3/c1-5-11(6(2)17-16-5)15-12(19)7-3-8(13)9(14)4-10(7)18(20)21/h3-4H,1-2H3,(H,15,19)(H,16,17). The molecule has 110 valence electrons. The van der Waals surface area contributed by atoms with Crippen molar-refractivity contribution in [2.45, 2.75) is 13.8 Å². The molecule has 2 N–H and O–H groups in total. The van der Waals surface area contributed by atoms with Crippen LogP contribution in [0.1, 0.15) is 21.7 Å². The van der Waals surface area contributed by atoms with E-state index in [1.165, 1.54) is 0 Å². The Balaban J connectivity index is 2.44. The number of nitro groups is 1. The van der Waals surface area contributed by atoms with Gasteiger partial charge >= 0.3 is 0 Å². The van der Waals surface area contributed by atoms with Gasteiger partial charge in [0.25, 0.3) is 11.6 Å². The summed E-state index contributed by atoms with van der Waals surface area (Å²) in [6.45, 7) is 3.24. The Kier molecular flexibility index (Phi) is 3.66. The lowest BCUT2D eigenvalue weighted by Crippen LogP contribution is -2.15. The molecule has 0 saturated heterocycles. The average molecular weight is 296 g/mol. The minimum Gasteiger partial charge on any atom is -0.319 e. The first kappa shape index (κ1) is 14.6. The fraction of sp³-hybridized carbons (Fsp3) is 0.167. The van der Waals surface area contributed by atoms with Crippen LogP contribution in [-0.4, -0.2) is 21.0 Å². The number of carbonyl (C=O) groups excluding carboxylic acids is 1. The van der Waals surface area contributed by atoms with Crippen molar-refractivity contribution in [3.05, 3.63) is 50.8 Å². The number of nitro benzene ring substituents is 1. The van der Waals surface area contributed by atoms with E-state index in [1.54, 1.807) is 13.8 Å². The molecule has 0 saturated carbocycles. The van der Waals surface area contributed by atoms with Gasteiger partial charge in [-0.1, -0.05) is 0 Å². The number of rotatable bonds is 3. The lowest BCUT2D eigenvalue weighted by molar-refractivity contribution is -0.385. The van der Waals surface area contributed by atoms with Crippen molar-refractivity contribution >= 4 is 17.3 Å². The molecule has 0 aliphatic heterocycles. The van der Waals surface area contributed by atoms with Crippen LogP contribution in [0.15, 0.2) is 12.1 Å². The van der Waals surface area contributed by atoms with E-state index < -0.39 is 33.7 Å². The Morgan fingerprint density at radius 1 is 1.33 bits per heavy atom. The van der Waals surface area contributed by atoms with Gasteiger partial charge in [0, 0.05) is 0 Å². The molecule has 7 nitrogen and oxygen atoms in total. The summed E-state index contributed by atoms with van der Waals surface area (Å²) < 4.78 is 26.3. The number of aryl methyl sites for hydroxylation is 2. The number of amides is 1. The number of nitrogens with one attached hydrogen (secondary N) is 2. The van der Waals surface area contributed by atoms with Gasteiger partial charge in [-0.3, -0.25) is 20.0 Å². The van der Waals surface area contributed by atoms with Gasteiger partial charge in [0.2, 0.25) is 0 Å². The normalized spacial score (nSPS) is 10.5. The second kappa shape index (κ2) is 5.27. The van der Waals surface area contributed by atoms with Crippen LogP contribution in [-0.2, 0) is 0 Å². The third-order valence-corrected chi connectivity index (χ3v) is 2.85. The Hall–Kier alpha value is -2.84. The van der Waals surface area contributed by atoms with E-state index in [1.807, 2.05) is 0 Å². The molecule has 0 atom stereocenters. The molecule has 2 aromatic rings. The highest BCUT2D eigenvalue weighted by molar-refractivity contribution is 6.07. The topological polar surface area (TPSA) is 101 Å². The molecule has 1 amide bonds. The largest absolute Gasteiger partial charge is 0.319 e. The Bertz CT molecular complexity index is 723. The second-order valence-corrected chi connectivity index (χ2v) is 4.30. The summed E-state index contributed by atoms with van der Waals surface area (Å²) in [7, 11) is 0. The molecule has 1 aromatic heterocycles. The highest BCUT2D eigenvalue weighted by Crippen LogP contribution is 2.24. The molecule has 0 aliphatic rings. The zero-order chi connectivity index (χ0) is 15.7. The molecular formula is C12H10F2N4O3. The molecule has 2 rings (SSSR count). The number of carbonyl (C=O) groups is 1. The predicted molar refractivity (Wildman–Crippen MR) is 69.0 cm³/mol. The lowest BCUT2D eigenvalue weighted by atomic mass is 10.1. The van der Waals surface area contributed by atoms with Gasteiger partial charge in [0.05, 0.1) is 28.1 Å². The number of hydrogen-bond donors (Lipinski definition) is 2. The molecule has 1 heterocycles. The highest BCUT2D eigenvalue weighted by atomic mass is 19.2. The van der Waals surface area contributed by atoms with E-state index in [-0.39, 0.29) is 0 Å². The van der Waals surface area contributed by atoms with Gasteiger partial charge in [0.15, 0.2) is 11.6 Å². The summed E-state index contributed by atoms with van der Waals surface area (Å²) >= 11 is 0. The molecule has 0 fully saturated rings. The van der Waals surface area contributed by atoms with Crippen LogP contribution in [0.25, 0.3) is 0 Å². The fourth-order valence-electron chi connectivity index (χ4n) is 1.79. The van der Waals surface area contributed by atoms with E-state index in [4.69, 9.17) is 0 Å². The summed E-state index contributed by atoms with van der Waals surface area (Å²) in [5.41, 5.74) is -0.0553. The molecule has 0 radical (unpaired) electrons. The monoisotopic (exact) mass is 296 g/mol. The molecule has 21 heavy (non-hydrogen) atoms. The second-order valence-electron chi connectivity index (χ2n) is 4.30. The molecular weight excluding hydrogens is 286 g/mol. The van der Waals surface area contributed by atoms with Crippen molar-refractivity contribution in [1.29, 1.82) is 0 Å². The minimum absolute atomic E-state index is 0.332. The van der Waals surface area contributed by atoms with Crippen molar-refractivity contribution in [2.24, 2.45) is 0 Å². The van der Waals surface area contributed by atoms with Gasteiger partial charge in [0.1, 0.15) is 5.56 Å². The van der Waals surface area contributed by atoms with E-state index in [0.29, 0.717) is 29.2 Å². The highest BCUT2D eigenvalue weighted by Gasteiger charge is 2.25. The maximum absolute atomic E-state index is 13.2. The number of anilines is 1. The number of aromatic nitrogens is 2. The maximum atomic E-state index is 13.2. The van der Waals surface area contributed by atoms with Crippen LogP contribution in [0, 0.1) is 35.6 Å². The number of nitrogens with zero attached hydrogens (tertiary/aromatic N) is 2. The summed E-state index contributed by atoms with van der Waals surface area (Å²) in [5, 5.41) is 19.7. The van der Waals surface area contributed by atoms with Gasteiger partial charge in [-0.05, 0) is 19.9 Å². The van der Waals surface area contributed by atoms with Gasteiger partial charge < -0.3 is 5.32 Å². The van der Waals surface area contributed by atoms with Crippen molar-refractivity contribution in [3.8, 4) is 0 Å². The summed E-state index contributed by atoms with van der Waals surface area (Å²) in [5.74, 6) is -3.66. The minimum atomic E-state index is -1.39. The quantitative estimate of drug-likeness (QED) is 0.671. The van der Waals surface area contributed by atoms with Crippen LogP contribution in [0.2, 0.25) is 0 Å². The Morgan fingerprint density at radius 3 is 2.48 bits per heavy atom. The first-order valence-corrected chi connectivity index (χ1v) is 5.77. The molecule has 9 heteroatoms. The number of aromatic amines is 1. The summed E-state index contributed by atoms with van der Waals surface area (Å²) in [6.07, 6.45) is 0. The van der Waals surface area contributed by atoms with Crippen LogP contribution < -0.4 is 5.32 Å². The Morgan fingerprint density at radius 2 is 1.95 bits per heavy atom. The van der Waals surface area contributed by atoms with Crippen LogP contribution in [0.3, 0.4) is 0 Å². The number of hydrogen-bond acceptors (Lipinski definition) is 4. The van der Waals surface area contributed by atoms with Crippen molar-refractivity contribution < 1.29 is 18.5 Å². The molecule has 1 aromatic carbocycles.